The van der Waals surface area contributed by atoms with Crippen molar-refractivity contribution in [3.63, 3.8) is 0 Å². The van der Waals surface area contributed by atoms with E-state index in [2.05, 4.69) is 5.32 Å². The third kappa shape index (κ3) is 3.02. The molecule has 1 aromatic carbocycles. The lowest BCUT2D eigenvalue weighted by Gasteiger charge is -2.49. The number of carbonyl (C=O) groups excluding carboxylic acids is 2. The Balaban J connectivity index is 1.72. The highest BCUT2D eigenvalue weighted by molar-refractivity contribution is 8.00. The van der Waals surface area contributed by atoms with Gasteiger partial charge in [-0.15, -0.1) is 11.8 Å². The molecule has 3 rings (SSSR count). The number of aliphatic carboxylic acids is 1. The number of amides is 2. The van der Waals surface area contributed by atoms with Gasteiger partial charge in [0, 0.05) is 5.75 Å². The second-order valence-electron chi connectivity index (χ2n) is 5.88. The van der Waals surface area contributed by atoms with Gasteiger partial charge in [-0.1, -0.05) is 12.1 Å². The predicted octanol–water partition coefficient (Wildman–Crippen LogP) is -0.877. The highest BCUT2D eigenvalue weighted by Crippen LogP contribution is 2.40. The molecule has 2 aliphatic rings. The number of carbonyl (C=O) groups is 3. The highest BCUT2D eigenvalue weighted by Gasteiger charge is 2.54. The average Bonchev–Trinajstić information content (AvgIpc) is 2.64. The highest BCUT2D eigenvalue weighted by atomic mass is 32.2. The number of nitrogens with zero attached hydrogens (tertiary/aromatic N) is 1. The van der Waals surface area contributed by atoms with Crippen molar-refractivity contribution in [3.05, 3.63) is 41.1 Å². The van der Waals surface area contributed by atoms with E-state index in [9.17, 15) is 29.7 Å². The fourth-order valence-electron chi connectivity index (χ4n) is 2.88. The zero-order valence-electron chi connectivity index (χ0n) is 13.5. The molecule has 3 atom stereocenters. The Hall–Kier alpha value is -2.56. The van der Waals surface area contributed by atoms with Crippen LogP contribution in [0.5, 0.6) is 5.75 Å². The van der Waals surface area contributed by atoms with E-state index in [0.717, 1.165) is 4.90 Å². The Morgan fingerprint density at radius 1 is 1.35 bits per heavy atom. The number of hydrogen-bond donors (Lipinski definition) is 5. The number of carboxylic acid groups (broad SMARTS) is 1. The van der Waals surface area contributed by atoms with E-state index in [1.807, 2.05) is 0 Å². The van der Waals surface area contributed by atoms with Crippen LogP contribution in [0, 0.1) is 0 Å². The molecule has 0 spiro atoms. The van der Waals surface area contributed by atoms with Gasteiger partial charge in [-0.25, -0.2) is 4.79 Å². The maximum absolute atomic E-state index is 12.4. The third-order valence-corrected chi connectivity index (χ3v) is 5.61. The van der Waals surface area contributed by atoms with Crippen LogP contribution in [0.4, 0.5) is 0 Å². The van der Waals surface area contributed by atoms with Gasteiger partial charge in [0.25, 0.3) is 5.91 Å². The Kier molecular flexibility index (Phi) is 4.90. The van der Waals surface area contributed by atoms with Crippen molar-refractivity contribution < 1.29 is 29.7 Å². The van der Waals surface area contributed by atoms with Crippen molar-refractivity contribution >= 4 is 29.5 Å². The van der Waals surface area contributed by atoms with Gasteiger partial charge in [0.1, 0.15) is 28.9 Å². The molecule has 10 heteroatoms. The number of nitrogens with two attached hydrogens (primary N) is 1. The van der Waals surface area contributed by atoms with Crippen molar-refractivity contribution in [1.82, 2.24) is 10.2 Å². The van der Waals surface area contributed by atoms with E-state index in [-0.39, 0.29) is 22.8 Å². The summed E-state index contributed by atoms with van der Waals surface area (Å²) in [5.41, 5.74) is 6.39. The minimum Gasteiger partial charge on any atom is -0.508 e. The van der Waals surface area contributed by atoms with E-state index in [0.29, 0.717) is 5.56 Å². The van der Waals surface area contributed by atoms with Crippen molar-refractivity contribution in [1.29, 1.82) is 0 Å². The molecule has 2 aliphatic heterocycles. The molecule has 9 nitrogen and oxygen atoms in total. The number of aliphatic hydroxyl groups is 1. The lowest BCUT2D eigenvalue weighted by Crippen LogP contribution is -2.71. The summed E-state index contributed by atoms with van der Waals surface area (Å²) in [4.78, 5) is 37.2. The van der Waals surface area contributed by atoms with Crippen LogP contribution in [-0.2, 0) is 14.4 Å². The second kappa shape index (κ2) is 6.98. The van der Waals surface area contributed by atoms with E-state index in [1.54, 1.807) is 0 Å². The van der Waals surface area contributed by atoms with Gasteiger partial charge in [-0.05, 0) is 23.3 Å². The first kappa shape index (κ1) is 18.2. The molecule has 0 radical (unpaired) electrons. The number of β-lactam (4-membered cyclic amide) rings is 1. The summed E-state index contributed by atoms with van der Waals surface area (Å²) in [5.74, 6) is -2.14. The number of phenolic OH excluding ortho intramolecular Hbond substituents is 1. The van der Waals surface area contributed by atoms with Crippen molar-refractivity contribution in [2.24, 2.45) is 5.73 Å². The smallest absolute Gasteiger partial charge is 0.352 e. The Morgan fingerprint density at radius 2 is 2.00 bits per heavy atom. The summed E-state index contributed by atoms with van der Waals surface area (Å²) < 4.78 is 0. The van der Waals surface area contributed by atoms with Crippen molar-refractivity contribution in [2.75, 3.05) is 12.4 Å². The lowest BCUT2D eigenvalue weighted by molar-refractivity contribution is -0.151. The Morgan fingerprint density at radius 3 is 2.58 bits per heavy atom. The summed E-state index contributed by atoms with van der Waals surface area (Å²) in [6.45, 7) is -0.451. The van der Waals surface area contributed by atoms with Crippen LogP contribution in [0.1, 0.15) is 11.6 Å². The molecule has 0 aromatic heterocycles. The zero-order valence-corrected chi connectivity index (χ0v) is 14.3. The first-order valence-electron chi connectivity index (χ1n) is 7.71. The third-order valence-electron chi connectivity index (χ3n) is 4.27. The molecule has 0 saturated carbocycles. The van der Waals surface area contributed by atoms with E-state index in [1.165, 1.54) is 36.0 Å². The Labute approximate surface area is 152 Å². The van der Waals surface area contributed by atoms with Crippen LogP contribution < -0.4 is 11.1 Å². The molecule has 26 heavy (non-hydrogen) atoms. The number of hydrogen-bond acceptors (Lipinski definition) is 7. The van der Waals surface area contributed by atoms with E-state index >= 15 is 0 Å². The minimum atomic E-state index is -1.29. The maximum atomic E-state index is 12.4. The predicted molar refractivity (Wildman–Crippen MR) is 91.8 cm³/mol. The molecule has 0 bridgehead atoms. The number of benzene rings is 1. The molecule has 6 N–H and O–H groups in total. The first-order chi connectivity index (χ1) is 12.3. The minimum absolute atomic E-state index is 0.0393. The summed E-state index contributed by atoms with van der Waals surface area (Å²) in [5, 5.41) is 29.9. The molecule has 1 aromatic rings. The summed E-state index contributed by atoms with van der Waals surface area (Å²) in [7, 11) is 0. The topological polar surface area (TPSA) is 153 Å². The lowest BCUT2D eigenvalue weighted by atomic mass is 10.0. The molecule has 138 valence electrons. The molecule has 0 aliphatic carbocycles. The molecular formula is C16H17N3O6S. The first-order valence-corrected chi connectivity index (χ1v) is 8.75. The molecule has 1 saturated heterocycles. The summed E-state index contributed by atoms with van der Waals surface area (Å²) in [6.07, 6.45) is 0. The molecule has 1 unspecified atom stereocenters. The van der Waals surface area contributed by atoms with Gasteiger partial charge >= 0.3 is 5.97 Å². The van der Waals surface area contributed by atoms with Gasteiger partial charge in [0.05, 0.1) is 6.61 Å². The molecule has 2 heterocycles. The maximum Gasteiger partial charge on any atom is 0.352 e. The van der Waals surface area contributed by atoms with Crippen LogP contribution in [0.15, 0.2) is 35.5 Å². The van der Waals surface area contributed by atoms with Crippen molar-refractivity contribution in [2.45, 2.75) is 17.5 Å². The number of fused-ring (bicyclic) bond motifs is 1. The number of aromatic hydroxyl groups is 1. The average molecular weight is 379 g/mol. The van der Waals surface area contributed by atoms with Gasteiger partial charge < -0.3 is 26.4 Å². The van der Waals surface area contributed by atoms with Crippen molar-refractivity contribution in [3.8, 4) is 5.75 Å². The van der Waals surface area contributed by atoms with Crippen LogP contribution in [0.3, 0.4) is 0 Å². The second-order valence-corrected chi connectivity index (χ2v) is 6.99. The quantitative estimate of drug-likeness (QED) is 0.414. The number of thioether (sulfide) groups is 1. The monoisotopic (exact) mass is 379 g/mol. The SMILES string of the molecule is NC(C(=O)N[C@H]1C(=O)N2C(C(=O)O)=C(CO)CS[C@H]12)c1ccc(O)cc1. The standard InChI is InChI=1S/C16H17N3O6S/c17-10(7-1-3-9(21)4-2-7)13(22)18-11-14(23)19-12(16(24)25)8(5-20)6-26-15(11)19/h1-4,10-11,15,20-21H,5-6,17H2,(H,18,22)(H,24,25)/t10?,11-,15+/m0/s1. The van der Waals surface area contributed by atoms with Crippen LogP contribution >= 0.6 is 11.8 Å². The summed E-state index contributed by atoms with van der Waals surface area (Å²) >= 11 is 1.27. The van der Waals surface area contributed by atoms with Crippen LogP contribution in [-0.4, -0.2) is 61.8 Å². The fourth-order valence-corrected chi connectivity index (χ4v) is 4.22. The fraction of sp³-hybridized carbons (Fsp3) is 0.312. The number of nitrogens with one attached hydrogen (secondary N) is 1. The van der Waals surface area contributed by atoms with E-state index < -0.39 is 41.8 Å². The van der Waals surface area contributed by atoms with Gasteiger partial charge in [-0.3, -0.25) is 14.5 Å². The van der Waals surface area contributed by atoms with Gasteiger partial charge in [-0.2, -0.15) is 0 Å². The van der Waals surface area contributed by atoms with Gasteiger partial charge in [0.2, 0.25) is 5.91 Å². The molecular weight excluding hydrogens is 362 g/mol. The molecule has 2 amide bonds. The number of carboxylic acids is 1. The number of aliphatic hydroxyl groups excluding tert-OH is 1. The van der Waals surface area contributed by atoms with Crippen LogP contribution in [0.2, 0.25) is 0 Å². The number of rotatable bonds is 5. The van der Waals surface area contributed by atoms with Gasteiger partial charge in [0.15, 0.2) is 0 Å². The largest absolute Gasteiger partial charge is 0.508 e. The normalized spacial score (nSPS) is 23.2. The Bertz CT molecular complexity index is 794. The molecule has 1 fully saturated rings. The van der Waals surface area contributed by atoms with Crippen LogP contribution in [0.25, 0.3) is 0 Å². The number of phenols is 1. The zero-order chi connectivity index (χ0) is 19.0. The summed E-state index contributed by atoms with van der Waals surface area (Å²) in [6, 6.07) is 3.89. The van der Waals surface area contributed by atoms with E-state index in [4.69, 9.17) is 5.73 Å².